The molecule has 6 nitrogen and oxygen atoms in total. The summed E-state index contributed by atoms with van der Waals surface area (Å²) in [7, 11) is 0. The monoisotopic (exact) mass is 257 g/mol. The van der Waals surface area contributed by atoms with Gasteiger partial charge in [-0.15, -0.1) is 0 Å². The summed E-state index contributed by atoms with van der Waals surface area (Å²) in [6, 6.07) is 0. The van der Waals surface area contributed by atoms with Crippen LogP contribution in [0, 0.1) is 5.41 Å². The van der Waals surface area contributed by atoms with Gasteiger partial charge in [-0.2, -0.15) is 4.99 Å². The first-order chi connectivity index (χ1) is 8.00. The number of carbonyl (C=O) groups is 1. The topological polar surface area (TPSA) is 109 Å². The zero-order valence-corrected chi connectivity index (χ0v) is 10.8. The quantitative estimate of drug-likeness (QED) is 0.489. The molecule has 1 aliphatic heterocycles. The van der Waals surface area contributed by atoms with Crippen molar-refractivity contribution >= 4 is 28.8 Å². The Kier molecular flexibility index (Phi) is 5.27. The Bertz CT molecular complexity index is 321. The highest BCUT2D eigenvalue weighted by Gasteiger charge is 2.23. The second-order valence-corrected chi connectivity index (χ2v) is 5.32. The number of likely N-dealkylation sites (tertiary alicyclic amines) is 1. The Morgan fingerprint density at radius 1 is 1.35 bits per heavy atom. The van der Waals surface area contributed by atoms with Crippen LogP contribution in [-0.2, 0) is 4.79 Å². The lowest BCUT2D eigenvalue weighted by molar-refractivity contribution is -0.131. The van der Waals surface area contributed by atoms with Crippen molar-refractivity contribution in [3.8, 4) is 0 Å². The van der Waals surface area contributed by atoms with Crippen molar-refractivity contribution in [1.29, 1.82) is 5.41 Å². The van der Waals surface area contributed by atoms with Gasteiger partial charge in [0, 0.05) is 13.1 Å². The molecule has 1 rings (SSSR count). The third kappa shape index (κ3) is 4.64. The number of piperidine rings is 1. The molecule has 1 amide bonds. The summed E-state index contributed by atoms with van der Waals surface area (Å²) in [5, 5.41) is 7.16. The van der Waals surface area contributed by atoms with Gasteiger partial charge in [0.2, 0.25) is 5.91 Å². The van der Waals surface area contributed by atoms with Gasteiger partial charge in [-0.3, -0.25) is 10.2 Å². The van der Waals surface area contributed by atoms with E-state index in [0.29, 0.717) is 0 Å². The van der Waals surface area contributed by atoms with Gasteiger partial charge in [-0.1, -0.05) is 11.8 Å². The molecule has 0 bridgehead atoms. The molecule has 0 spiro atoms. The average Bonchev–Trinajstić information content (AvgIpc) is 2.28. The Morgan fingerprint density at radius 2 is 1.94 bits per heavy atom. The van der Waals surface area contributed by atoms with Crippen molar-refractivity contribution in [2.24, 2.45) is 16.5 Å². The van der Waals surface area contributed by atoms with Crippen LogP contribution >= 0.6 is 11.8 Å². The number of nitrogens with zero attached hydrogens (tertiary/aromatic N) is 2. The first-order valence-corrected chi connectivity index (χ1v) is 6.52. The molecule has 0 aromatic rings. The van der Waals surface area contributed by atoms with Crippen LogP contribution in [0.2, 0.25) is 0 Å². The van der Waals surface area contributed by atoms with Gasteiger partial charge in [0.05, 0.1) is 5.25 Å². The van der Waals surface area contributed by atoms with Crippen molar-refractivity contribution in [2.45, 2.75) is 31.4 Å². The molecule has 1 unspecified atom stereocenters. The Labute approximate surface area is 105 Å². The maximum atomic E-state index is 12.0. The van der Waals surface area contributed by atoms with E-state index in [1.807, 2.05) is 4.90 Å². The number of amidine groups is 1. The van der Waals surface area contributed by atoms with Crippen molar-refractivity contribution in [2.75, 3.05) is 13.1 Å². The summed E-state index contributed by atoms with van der Waals surface area (Å²) >= 11 is 1.07. The van der Waals surface area contributed by atoms with Crippen molar-refractivity contribution in [3.63, 3.8) is 0 Å². The molecule has 0 radical (unpaired) electrons. The van der Waals surface area contributed by atoms with Crippen molar-refractivity contribution < 1.29 is 4.79 Å². The second kappa shape index (κ2) is 6.48. The Balaban J connectivity index is 2.46. The molecule has 1 saturated heterocycles. The number of hydrogen-bond donors (Lipinski definition) is 3. The van der Waals surface area contributed by atoms with E-state index >= 15 is 0 Å². The van der Waals surface area contributed by atoms with Gasteiger partial charge >= 0.3 is 0 Å². The summed E-state index contributed by atoms with van der Waals surface area (Å²) in [6.07, 6.45) is 3.32. The second-order valence-electron chi connectivity index (χ2n) is 3.99. The van der Waals surface area contributed by atoms with Crippen LogP contribution in [0.25, 0.3) is 0 Å². The molecule has 96 valence electrons. The minimum absolute atomic E-state index is 0.0251. The number of nitrogens with two attached hydrogens (primary N) is 2. The van der Waals surface area contributed by atoms with E-state index in [1.165, 1.54) is 6.42 Å². The van der Waals surface area contributed by atoms with Crippen LogP contribution in [-0.4, -0.2) is 40.3 Å². The summed E-state index contributed by atoms with van der Waals surface area (Å²) in [6.45, 7) is 3.41. The van der Waals surface area contributed by atoms with Gasteiger partial charge in [0.25, 0.3) is 0 Å². The van der Waals surface area contributed by atoms with Crippen LogP contribution in [0.4, 0.5) is 0 Å². The van der Waals surface area contributed by atoms with Crippen LogP contribution in [0.5, 0.6) is 0 Å². The van der Waals surface area contributed by atoms with Crippen LogP contribution in [0.3, 0.4) is 0 Å². The lowest BCUT2D eigenvalue weighted by Crippen LogP contribution is -2.40. The molecular weight excluding hydrogens is 238 g/mol. The number of aliphatic imine (C=N–C) groups is 1. The lowest BCUT2D eigenvalue weighted by Gasteiger charge is -2.28. The minimum atomic E-state index is -0.316. The third-order valence-corrected chi connectivity index (χ3v) is 3.40. The zero-order chi connectivity index (χ0) is 12.8. The molecule has 0 aromatic heterocycles. The summed E-state index contributed by atoms with van der Waals surface area (Å²) in [5.74, 6) is -0.0923. The molecule has 0 aliphatic carbocycles. The molecule has 1 atom stereocenters. The Hall–Kier alpha value is -1.24. The van der Waals surface area contributed by atoms with Gasteiger partial charge in [0.15, 0.2) is 11.1 Å². The molecule has 5 N–H and O–H groups in total. The number of rotatable bonds is 2. The standard InChI is InChI=1S/C10H19N5OS/c1-7(17-10(13)14-9(11)12)8(16)15-5-3-2-4-6-15/h7H,2-6H2,1H3,(H5,11,12,13,14). The maximum Gasteiger partial charge on any atom is 0.235 e. The summed E-state index contributed by atoms with van der Waals surface area (Å²) in [5.41, 5.74) is 10.3. The SMILES string of the molecule is CC(SC(=N)N=C(N)N)C(=O)N1CCCCC1. The first-order valence-electron chi connectivity index (χ1n) is 5.64. The molecule has 1 fully saturated rings. The zero-order valence-electron chi connectivity index (χ0n) is 9.98. The molecule has 0 saturated carbocycles. The smallest absolute Gasteiger partial charge is 0.235 e. The summed E-state index contributed by atoms with van der Waals surface area (Å²) < 4.78 is 0. The first kappa shape index (κ1) is 13.8. The number of amides is 1. The van der Waals surface area contributed by atoms with E-state index < -0.39 is 0 Å². The predicted octanol–water partition coefficient (Wildman–Crippen LogP) is 0.329. The minimum Gasteiger partial charge on any atom is -0.370 e. The highest BCUT2D eigenvalue weighted by Crippen LogP contribution is 2.18. The molecular formula is C10H19N5OS. The van der Waals surface area contributed by atoms with Gasteiger partial charge in [-0.25, -0.2) is 0 Å². The van der Waals surface area contributed by atoms with Gasteiger partial charge < -0.3 is 16.4 Å². The number of nitrogens with one attached hydrogen (secondary N) is 1. The molecule has 0 aromatic carbocycles. The van der Waals surface area contributed by atoms with E-state index in [-0.39, 0.29) is 22.3 Å². The molecule has 7 heteroatoms. The number of hydrogen-bond acceptors (Lipinski definition) is 3. The summed E-state index contributed by atoms with van der Waals surface area (Å²) in [4.78, 5) is 17.5. The lowest BCUT2D eigenvalue weighted by atomic mass is 10.1. The fraction of sp³-hybridized carbons (Fsp3) is 0.700. The van der Waals surface area contributed by atoms with Crippen LogP contribution in [0.1, 0.15) is 26.2 Å². The Morgan fingerprint density at radius 3 is 2.47 bits per heavy atom. The van der Waals surface area contributed by atoms with E-state index in [0.717, 1.165) is 37.7 Å². The maximum absolute atomic E-state index is 12.0. The molecule has 1 heterocycles. The van der Waals surface area contributed by atoms with Gasteiger partial charge in [-0.05, 0) is 26.2 Å². The predicted molar refractivity (Wildman–Crippen MR) is 71.0 cm³/mol. The van der Waals surface area contributed by atoms with Crippen LogP contribution < -0.4 is 11.5 Å². The number of carbonyl (C=O) groups excluding carboxylic acids is 1. The molecule has 1 aliphatic rings. The number of guanidine groups is 1. The fourth-order valence-corrected chi connectivity index (χ4v) is 2.48. The largest absolute Gasteiger partial charge is 0.370 e. The highest BCUT2D eigenvalue weighted by atomic mass is 32.2. The van der Waals surface area contributed by atoms with Gasteiger partial charge in [0.1, 0.15) is 0 Å². The van der Waals surface area contributed by atoms with E-state index in [4.69, 9.17) is 16.9 Å². The van der Waals surface area contributed by atoms with E-state index in [1.54, 1.807) is 6.92 Å². The average molecular weight is 257 g/mol. The highest BCUT2D eigenvalue weighted by molar-refractivity contribution is 8.14. The molecule has 17 heavy (non-hydrogen) atoms. The van der Waals surface area contributed by atoms with Crippen molar-refractivity contribution in [1.82, 2.24) is 4.90 Å². The van der Waals surface area contributed by atoms with Crippen LogP contribution in [0.15, 0.2) is 4.99 Å². The number of thioether (sulfide) groups is 1. The normalized spacial score (nSPS) is 17.4. The fourth-order valence-electron chi connectivity index (χ4n) is 1.73. The van der Waals surface area contributed by atoms with Crippen molar-refractivity contribution in [3.05, 3.63) is 0 Å². The third-order valence-electron chi connectivity index (χ3n) is 2.53. The van der Waals surface area contributed by atoms with E-state index in [2.05, 4.69) is 4.99 Å². The van der Waals surface area contributed by atoms with E-state index in [9.17, 15) is 4.79 Å².